The zero-order chi connectivity index (χ0) is 39.4. The Balaban J connectivity index is 0.999. The summed E-state index contributed by atoms with van der Waals surface area (Å²) in [6.07, 6.45) is 6.88. The molecule has 1 heterocycles. The highest BCUT2D eigenvalue weighted by Crippen LogP contribution is 2.70. The molecule has 60 heavy (non-hydrogen) atoms. The van der Waals surface area contributed by atoms with Gasteiger partial charge in [0.2, 0.25) is 0 Å². The summed E-state index contributed by atoms with van der Waals surface area (Å²) in [6, 6.07) is 64.3. The van der Waals surface area contributed by atoms with Crippen LogP contribution in [0.5, 0.6) is 0 Å². The van der Waals surface area contributed by atoms with Crippen LogP contribution in [0.4, 0.5) is 0 Å². The number of aromatic nitrogens is 3. The van der Waals surface area contributed by atoms with Gasteiger partial charge in [-0.3, -0.25) is 0 Å². The van der Waals surface area contributed by atoms with Crippen LogP contribution < -0.4 is 0 Å². The van der Waals surface area contributed by atoms with Gasteiger partial charge in [-0.2, -0.15) is 0 Å². The zero-order valence-electron chi connectivity index (χ0n) is 33.4. The van der Waals surface area contributed by atoms with Gasteiger partial charge < -0.3 is 0 Å². The van der Waals surface area contributed by atoms with E-state index in [9.17, 15) is 0 Å². The first-order valence-electron chi connectivity index (χ1n) is 21.9. The zero-order valence-corrected chi connectivity index (χ0v) is 33.4. The lowest BCUT2D eigenvalue weighted by Crippen LogP contribution is -2.55. The molecule has 0 N–H and O–H groups in total. The number of nitrogens with zero attached hydrogens (tertiary/aromatic N) is 3. The average Bonchev–Trinajstić information content (AvgIpc) is 3.61. The second-order valence-corrected chi connectivity index (χ2v) is 18.0. The molecule has 4 saturated carbocycles. The molecular weight excluding hydrogens is 727 g/mol. The topological polar surface area (TPSA) is 38.7 Å². The van der Waals surface area contributed by atoms with Crippen LogP contribution in [0, 0.1) is 23.7 Å². The van der Waals surface area contributed by atoms with Gasteiger partial charge in [0, 0.05) is 27.5 Å². The van der Waals surface area contributed by atoms with Crippen LogP contribution in [-0.4, -0.2) is 15.0 Å². The van der Waals surface area contributed by atoms with E-state index in [1.165, 1.54) is 81.5 Å². The van der Waals surface area contributed by atoms with E-state index in [-0.39, 0.29) is 5.41 Å². The van der Waals surface area contributed by atoms with Crippen LogP contribution in [0.1, 0.15) is 43.2 Å². The van der Waals surface area contributed by atoms with Gasteiger partial charge in [0.05, 0.1) is 0 Å². The maximum Gasteiger partial charge on any atom is 0.164 e. The third-order valence-electron chi connectivity index (χ3n) is 14.9. The summed E-state index contributed by atoms with van der Waals surface area (Å²) < 4.78 is 0. The summed E-state index contributed by atoms with van der Waals surface area (Å²) in [5.41, 5.74) is 13.9. The van der Waals surface area contributed by atoms with Crippen molar-refractivity contribution in [3.05, 3.63) is 187 Å². The third-order valence-corrected chi connectivity index (χ3v) is 14.9. The standard InChI is InChI=1S/C57H43N3/c1-3-11-37(12-4-1)38-21-23-42(24-22-38)55-58-54(41-14-5-2-6-15-41)59-56(60-55)50-20-10-17-40-16-9-19-46(52(40)50)43-26-27-48-49-28-25-39-13-7-8-18-47(39)53(49)57(51(48)34-43)44-30-35-29-36(32-44)33-45(57)31-35/h1-28,34-36,44-45H,29-33H2. The Hall–Kier alpha value is -6.71. The first kappa shape index (κ1) is 34.2. The first-order chi connectivity index (χ1) is 29.7. The second kappa shape index (κ2) is 13.1. The number of benzene rings is 8. The fraction of sp³-hybridized carbons (Fsp3) is 0.175. The van der Waals surface area contributed by atoms with Gasteiger partial charge in [-0.25, -0.2) is 15.0 Å². The summed E-state index contributed by atoms with van der Waals surface area (Å²) >= 11 is 0. The Kier molecular flexibility index (Phi) is 7.49. The quantitative estimate of drug-likeness (QED) is 0.175. The van der Waals surface area contributed by atoms with Crippen molar-refractivity contribution >= 4 is 21.5 Å². The molecule has 3 nitrogen and oxygen atoms in total. The van der Waals surface area contributed by atoms with Gasteiger partial charge in [-0.1, -0.05) is 170 Å². The molecule has 9 aromatic rings. The predicted octanol–water partition coefficient (Wildman–Crippen LogP) is 14.2. The lowest BCUT2D eigenvalue weighted by Gasteiger charge is -2.61. The Bertz CT molecular complexity index is 3120. The predicted molar refractivity (Wildman–Crippen MR) is 245 cm³/mol. The molecule has 4 bridgehead atoms. The molecule has 286 valence electrons. The largest absolute Gasteiger partial charge is 0.208 e. The monoisotopic (exact) mass is 769 g/mol. The molecule has 1 aromatic heterocycles. The van der Waals surface area contributed by atoms with E-state index in [0.29, 0.717) is 29.3 Å². The lowest BCUT2D eigenvalue weighted by atomic mass is 9.43. The Morgan fingerprint density at radius 2 is 0.900 bits per heavy atom. The maximum absolute atomic E-state index is 5.30. The van der Waals surface area contributed by atoms with Gasteiger partial charge in [0.25, 0.3) is 0 Å². The summed E-state index contributed by atoms with van der Waals surface area (Å²) in [5, 5.41) is 5.19. The molecule has 0 amide bonds. The smallest absolute Gasteiger partial charge is 0.164 e. The van der Waals surface area contributed by atoms with Crippen molar-refractivity contribution in [2.75, 3.05) is 0 Å². The van der Waals surface area contributed by atoms with E-state index < -0.39 is 0 Å². The van der Waals surface area contributed by atoms with Crippen molar-refractivity contribution in [2.24, 2.45) is 23.7 Å². The van der Waals surface area contributed by atoms with Crippen LogP contribution in [-0.2, 0) is 5.41 Å². The highest BCUT2D eigenvalue weighted by atomic mass is 15.0. The van der Waals surface area contributed by atoms with Crippen molar-refractivity contribution in [1.82, 2.24) is 15.0 Å². The van der Waals surface area contributed by atoms with Gasteiger partial charge in [0.1, 0.15) is 0 Å². The normalized spacial score (nSPS) is 22.1. The first-order valence-corrected chi connectivity index (χ1v) is 21.9. The second-order valence-electron chi connectivity index (χ2n) is 18.0. The van der Waals surface area contributed by atoms with Crippen molar-refractivity contribution < 1.29 is 0 Å². The highest BCUT2D eigenvalue weighted by molar-refractivity contribution is 6.06. The van der Waals surface area contributed by atoms with Crippen molar-refractivity contribution in [2.45, 2.75) is 37.5 Å². The van der Waals surface area contributed by atoms with Crippen LogP contribution in [0.15, 0.2) is 176 Å². The molecule has 14 rings (SSSR count). The minimum absolute atomic E-state index is 0.0477. The van der Waals surface area contributed by atoms with E-state index in [4.69, 9.17) is 15.0 Å². The molecule has 4 fully saturated rings. The van der Waals surface area contributed by atoms with Gasteiger partial charge in [0.15, 0.2) is 17.5 Å². The van der Waals surface area contributed by atoms with Crippen LogP contribution in [0.25, 0.3) is 89.1 Å². The molecule has 3 heteroatoms. The number of rotatable bonds is 5. The van der Waals surface area contributed by atoms with Gasteiger partial charge >= 0.3 is 0 Å². The fourth-order valence-electron chi connectivity index (χ4n) is 12.7. The summed E-state index contributed by atoms with van der Waals surface area (Å²) in [5.74, 6) is 5.15. The van der Waals surface area contributed by atoms with Crippen molar-refractivity contribution in [1.29, 1.82) is 0 Å². The number of hydrogen-bond donors (Lipinski definition) is 0. The Morgan fingerprint density at radius 1 is 0.367 bits per heavy atom. The minimum atomic E-state index is 0.0477. The van der Waals surface area contributed by atoms with Crippen LogP contribution in [0.2, 0.25) is 0 Å². The molecule has 5 aliphatic rings. The lowest BCUT2D eigenvalue weighted by molar-refractivity contribution is -0.0393. The Labute approximate surface area is 350 Å². The van der Waals surface area contributed by atoms with E-state index in [0.717, 1.165) is 34.1 Å². The number of hydrogen-bond acceptors (Lipinski definition) is 3. The Morgan fingerprint density at radius 3 is 1.62 bits per heavy atom. The molecule has 5 aliphatic carbocycles. The minimum Gasteiger partial charge on any atom is -0.208 e. The van der Waals surface area contributed by atoms with Crippen molar-refractivity contribution in [3.8, 4) is 67.5 Å². The maximum atomic E-state index is 5.30. The average molecular weight is 770 g/mol. The summed E-state index contributed by atoms with van der Waals surface area (Å²) in [6.45, 7) is 0. The molecule has 0 unspecified atom stereocenters. The highest BCUT2D eigenvalue weighted by Gasteiger charge is 2.62. The van der Waals surface area contributed by atoms with Crippen LogP contribution >= 0.6 is 0 Å². The molecule has 0 saturated heterocycles. The molecule has 0 radical (unpaired) electrons. The molecule has 8 aromatic carbocycles. The van der Waals surface area contributed by atoms with Gasteiger partial charge in [-0.05, 0) is 123 Å². The number of fused-ring (bicyclic) bond motifs is 6. The van der Waals surface area contributed by atoms with Crippen molar-refractivity contribution in [3.63, 3.8) is 0 Å². The fourth-order valence-corrected chi connectivity index (χ4v) is 12.7. The van der Waals surface area contributed by atoms with E-state index >= 15 is 0 Å². The van der Waals surface area contributed by atoms with E-state index in [2.05, 4.69) is 158 Å². The molecule has 0 aliphatic heterocycles. The van der Waals surface area contributed by atoms with Gasteiger partial charge in [-0.15, -0.1) is 0 Å². The van der Waals surface area contributed by atoms with E-state index in [1.54, 1.807) is 11.1 Å². The summed E-state index contributed by atoms with van der Waals surface area (Å²) in [4.78, 5) is 15.7. The third kappa shape index (κ3) is 5.05. The molecular formula is C57H43N3. The molecule has 1 spiro atoms. The van der Waals surface area contributed by atoms with E-state index in [1.807, 2.05) is 18.2 Å². The summed E-state index contributed by atoms with van der Waals surface area (Å²) in [7, 11) is 0. The van der Waals surface area contributed by atoms with Crippen LogP contribution in [0.3, 0.4) is 0 Å². The SMILES string of the molecule is c1ccc(-c2ccc(-c3nc(-c4ccccc4)nc(-c4cccc5cccc(-c6ccc7c(c6)C6(c8c-7ccc7ccccc87)C7CC8CC(C7)CC6C8)c45)n3)cc2)cc1. The molecule has 0 atom stereocenters.